The van der Waals surface area contributed by atoms with Gasteiger partial charge in [-0.3, -0.25) is 9.82 Å². The van der Waals surface area contributed by atoms with E-state index in [-0.39, 0.29) is 4.90 Å². The fourth-order valence-corrected chi connectivity index (χ4v) is 3.78. The van der Waals surface area contributed by atoms with Crippen LogP contribution in [0.2, 0.25) is 0 Å². The van der Waals surface area contributed by atoms with Gasteiger partial charge in [-0.1, -0.05) is 0 Å². The zero-order valence-corrected chi connectivity index (χ0v) is 13.1. The third-order valence-corrected chi connectivity index (χ3v) is 4.99. The molecule has 1 aromatic carbocycles. The summed E-state index contributed by atoms with van der Waals surface area (Å²) in [7, 11) is -3.65. The van der Waals surface area contributed by atoms with E-state index in [4.69, 9.17) is 0 Å². The highest BCUT2D eigenvalue weighted by molar-refractivity contribution is 7.92. The number of rotatable bonds is 4. The lowest BCUT2D eigenvalue weighted by atomic mass is 10.3. The van der Waals surface area contributed by atoms with Gasteiger partial charge in [-0.25, -0.2) is 8.42 Å². The molecule has 0 radical (unpaired) electrons. The van der Waals surface area contributed by atoms with E-state index in [9.17, 15) is 8.42 Å². The van der Waals surface area contributed by atoms with Crippen molar-refractivity contribution in [3.05, 3.63) is 60.2 Å². The molecule has 22 heavy (non-hydrogen) atoms. The Hall–Kier alpha value is -2.54. The maximum atomic E-state index is 12.4. The number of hydrogen-bond acceptors (Lipinski definition) is 3. The van der Waals surface area contributed by atoms with Crippen LogP contribution in [0.1, 0.15) is 11.4 Å². The highest BCUT2D eigenvalue weighted by Gasteiger charge is 2.22. The molecule has 2 N–H and O–H groups in total. The van der Waals surface area contributed by atoms with Gasteiger partial charge in [0.15, 0.2) is 0 Å². The predicted molar refractivity (Wildman–Crippen MR) is 84.6 cm³/mol. The lowest BCUT2D eigenvalue weighted by Crippen LogP contribution is -2.14. The number of aromatic amines is 1. The van der Waals surface area contributed by atoms with Crippen molar-refractivity contribution in [3.8, 4) is 5.69 Å². The summed E-state index contributed by atoms with van der Waals surface area (Å²) >= 11 is 0. The van der Waals surface area contributed by atoms with Crippen molar-refractivity contribution >= 4 is 15.7 Å². The first-order valence-electron chi connectivity index (χ1n) is 6.75. The third-order valence-electron chi connectivity index (χ3n) is 3.35. The van der Waals surface area contributed by atoms with Crippen LogP contribution in [0.25, 0.3) is 5.69 Å². The van der Waals surface area contributed by atoms with E-state index in [1.54, 1.807) is 26.0 Å². The predicted octanol–water partition coefficient (Wildman–Crippen LogP) is 2.62. The summed E-state index contributed by atoms with van der Waals surface area (Å²) in [6, 6.07) is 11.0. The molecular weight excluding hydrogens is 300 g/mol. The minimum absolute atomic E-state index is 0.196. The number of aromatic nitrogens is 3. The molecule has 0 amide bonds. The van der Waals surface area contributed by atoms with Crippen molar-refractivity contribution in [1.82, 2.24) is 14.8 Å². The average Bonchev–Trinajstić information content (AvgIpc) is 3.09. The number of sulfonamides is 1. The van der Waals surface area contributed by atoms with Crippen LogP contribution in [0.15, 0.2) is 53.7 Å². The van der Waals surface area contributed by atoms with Gasteiger partial charge in [0.1, 0.15) is 4.90 Å². The standard InChI is InChI=1S/C15H16N4O2S/c1-11-15(12(2)17-16-11)22(20,21)18-13-5-7-14(8-6-13)19-9-3-4-10-19/h3-10,18H,1-2H3,(H,16,17). The molecule has 0 aliphatic rings. The van der Waals surface area contributed by atoms with Crippen LogP contribution in [0.5, 0.6) is 0 Å². The first-order chi connectivity index (χ1) is 10.5. The number of nitrogens with one attached hydrogen (secondary N) is 2. The van der Waals surface area contributed by atoms with Gasteiger partial charge in [-0.15, -0.1) is 0 Å². The monoisotopic (exact) mass is 316 g/mol. The van der Waals surface area contributed by atoms with Crippen LogP contribution in [0, 0.1) is 13.8 Å². The van der Waals surface area contributed by atoms with Crippen LogP contribution in [0.4, 0.5) is 5.69 Å². The smallest absolute Gasteiger partial charge is 0.265 e. The van der Waals surface area contributed by atoms with Gasteiger partial charge in [0.25, 0.3) is 10.0 Å². The van der Waals surface area contributed by atoms with Gasteiger partial charge in [-0.05, 0) is 50.2 Å². The molecular formula is C15H16N4O2S. The molecule has 0 aliphatic heterocycles. The van der Waals surface area contributed by atoms with Gasteiger partial charge < -0.3 is 4.57 Å². The largest absolute Gasteiger partial charge is 0.324 e. The van der Waals surface area contributed by atoms with E-state index < -0.39 is 10.0 Å². The number of aryl methyl sites for hydroxylation is 2. The van der Waals surface area contributed by atoms with Crippen molar-refractivity contribution in [3.63, 3.8) is 0 Å². The molecule has 0 bridgehead atoms. The molecule has 2 heterocycles. The number of nitrogens with zero attached hydrogens (tertiary/aromatic N) is 2. The Bertz CT molecular complexity index is 859. The topological polar surface area (TPSA) is 79.8 Å². The molecule has 0 saturated carbocycles. The Morgan fingerprint density at radius 2 is 1.73 bits per heavy atom. The number of H-pyrrole nitrogens is 1. The SMILES string of the molecule is Cc1n[nH]c(C)c1S(=O)(=O)Nc1ccc(-n2cccc2)cc1. The zero-order chi connectivity index (χ0) is 15.7. The normalized spacial score (nSPS) is 11.5. The Morgan fingerprint density at radius 3 is 2.27 bits per heavy atom. The van der Waals surface area contributed by atoms with Crippen LogP contribution < -0.4 is 4.72 Å². The van der Waals surface area contributed by atoms with Gasteiger partial charge in [0.2, 0.25) is 0 Å². The fourth-order valence-electron chi connectivity index (χ4n) is 2.35. The highest BCUT2D eigenvalue weighted by Crippen LogP contribution is 2.21. The van der Waals surface area contributed by atoms with Crippen molar-refractivity contribution in [2.45, 2.75) is 18.7 Å². The number of hydrogen-bond donors (Lipinski definition) is 2. The van der Waals surface area contributed by atoms with E-state index in [1.165, 1.54) is 0 Å². The molecule has 7 heteroatoms. The summed E-state index contributed by atoms with van der Waals surface area (Å²) in [5, 5.41) is 6.61. The molecule has 0 atom stereocenters. The average molecular weight is 316 g/mol. The van der Waals surface area contributed by atoms with Crippen LogP contribution in [0.3, 0.4) is 0 Å². The molecule has 0 unspecified atom stereocenters. The molecule has 0 saturated heterocycles. The fraction of sp³-hybridized carbons (Fsp3) is 0.133. The molecule has 0 aliphatic carbocycles. The maximum Gasteiger partial charge on any atom is 0.265 e. The molecule has 6 nitrogen and oxygen atoms in total. The van der Waals surface area contributed by atoms with E-state index in [2.05, 4.69) is 14.9 Å². The van der Waals surface area contributed by atoms with Crippen molar-refractivity contribution < 1.29 is 8.42 Å². The highest BCUT2D eigenvalue weighted by atomic mass is 32.2. The van der Waals surface area contributed by atoms with Crippen molar-refractivity contribution in [2.75, 3.05) is 4.72 Å². The van der Waals surface area contributed by atoms with Gasteiger partial charge in [0.05, 0.1) is 11.4 Å². The van der Waals surface area contributed by atoms with E-state index in [1.807, 2.05) is 41.2 Å². The first-order valence-corrected chi connectivity index (χ1v) is 8.23. The molecule has 3 rings (SSSR count). The quantitative estimate of drug-likeness (QED) is 0.776. The van der Waals surface area contributed by atoms with Crippen molar-refractivity contribution in [1.29, 1.82) is 0 Å². The number of benzene rings is 1. The zero-order valence-electron chi connectivity index (χ0n) is 12.2. The Labute approximate surface area is 128 Å². The van der Waals surface area contributed by atoms with Crippen molar-refractivity contribution in [2.24, 2.45) is 0 Å². The van der Waals surface area contributed by atoms with Gasteiger partial charge in [-0.2, -0.15) is 5.10 Å². The second-order valence-electron chi connectivity index (χ2n) is 5.01. The molecule has 0 spiro atoms. The molecule has 2 aromatic heterocycles. The van der Waals surface area contributed by atoms with Gasteiger partial charge in [0, 0.05) is 23.8 Å². The van der Waals surface area contributed by atoms with E-state index in [0.717, 1.165) is 5.69 Å². The third kappa shape index (κ3) is 2.62. The lowest BCUT2D eigenvalue weighted by Gasteiger charge is -2.09. The first kappa shape index (κ1) is 14.4. The Morgan fingerprint density at radius 1 is 1.09 bits per heavy atom. The second-order valence-corrected chi connectivity index (χ2v) is 6.63. The van der Waals surface area contributed by atoms with E-state index in [0.29, 0.717) is 17.1 Å². The van der Waals surface area contributed by atoms with Gasteiger partial charge >= 0.3 is 0 Å². The number of anilines is 1. The summed E-state index contributed by atoms with van der Waals surface area (Å²) in [5.41, 5.74) is 2.45. The van der Waals surface area contributed by atoms with Crippen LogP contribution in [-0.2, 0) is 10.0 Å². The minimum Gasteiger partial charge on any atom is -0.324 e. The summed E-state index contributed by atoms with van der Waals surface area (Å²) in [6.45, 7) is 3.34. The Kier molecular flexibility index (Phi) is 3.50. The maximum absolute atomic E-state index is 12.4. The minimum atomic E-state index is -3.65. The molecule has 3 aromatic rings. The summed E-state index contributed by atoms with van der Waals surface area (Å²) < 4.78 is 29.4. The summed E-state index contributed by atoms with van der Waals surface area (Å²) in [5.74, 6) is 0. The molecule has 114 valence electrons. The molecule has 0 fully saturated rings. The van der Waals surface area contributed by atoms with Crippen LogP contribution in [-0.4, -0.2) is 23.2 Å². The Balaban J connectivity index is 1.87. The summed E-state index contributed by atoms with van der Waals surface area (Å²) in [6.07, 6.45) is 3.86. The second kappa shape index (κ2) is 5.34. The van der Waals surface area contributed by atoms with E-state index >= 15 is 0 Å². The summed E-state index contributed by atoms with van der Waals surface area (Å²) in [4.78, 5) is 0.196. The lowest BCUT2D eigenvalue weighted by molar-refractivity contribution is 0.600. The van der Waals surface area contributed by atoms with Crippen LogP contribution >= 0.6 is 0 Å².